The third kappa shape index (κ3) is 3.30. The van der Waals surface area contributed by atoms with E-state index in [0.29, 0.717) is 16.6 Å². The summed E-state index contributed by atoms with van der Waals surface area (Å²) in [7, 11) is -3.98. The maximum Gasteiger partial charge on any atom is 0.267 e. The van der Waals surface area contributed by atoms with Crippen molar-refractivity contribution in [3.8, 4) is 11.3 Å². The second kappa shape index (κ2) is 6.98. The summed E-state index contributed by atoms with van der Waals surface area (Å²) in [5, 5.41) is 0.665. The number of carbonyl (C=O) groups is 1. The number of sulfonamides is 1. The molecular formula is C22H18N2O3S. The molecule has 4 rings (SSSR count). The zero-order chi connectivity index (χ0) is 19.7. The summed E-state index contributed by atoms with van der Waals surface area (Å²) in [6.07, 6.45) is 0. The van der Waals surface area contributed by atoms with Crippen LogP contribution in [0.4, 0.5) is 0 Å². The molecule has 28 heavy (non-hydrogen) atoms. The molecule has 0 saturated carbocycles. The van der Waals surface area contributed by atoms with Gasteiger partial charge in [-0.1, -0.05) is 66.2 Å². The van der Waals surface area contributed by atoms with Gasteiger partial charge in [0.2, 0.25) is 0 Å². The van der Waals surface area contributed by atoms with Gasteiger partial charge < -0.3 is 4.98 Å². The van der Waals surface area contributed by atoms with Gasteiger partial charge in [-0.2, -0.15) is 0 Å². The Balaban J connectivity index is 1.80. The fraction of sp³-hybridized carbons (Fsp3) is 0.0455. The Bertz CT molecular complexity index is 1260. The number of H-pyrrole nitrogens is 1. The minimum Gasteiger partial charge on any atom is -0.354 e. The van der Waals surface area contributed by atoms with Crippen LogP contribution in [-0.4, -0.2) is 19.3 Å². The average molecular weight is 390 g/mol. The van der Waals surface area contributed by atoms with Gasteiger partial charge in [0.05, 0.1) is 16.2 Å². The fourth-order valence-corrected chi connectivity index (χ4v) is 4.11. The second-order valence-corrected chi connectivity index (χ2v) is 8.22. The highest BCUT2D eigenvalue weighted by Gasteiger charge is 2.24. The van der Waals surface area contributed by atoms with E-state index in [0.717, 1.165) is 16.6 Å². The number of rotatable bonds is 4. The van der Waals surface area contributed by atoms with Crippen LogP contribution in [0.5, 0.6) is 0 Å². The lowest BCUT2D eigenvalue weighted by Gasteiger charge is -2.09. The minimum atomic E-state index is -3.98. The van der Waals surface area contributed by atoms with Crippen molar-refractivity contribution in [2.45, 2.75) is 11.8 Å². The van der Waals surface area contributed by atoms with Crippen LogP contribution in [0.2, 0.25) is 0 Å². The maximum atomic E-state index is 13.1. The number of hydrogen-bond acceptors (Lipinski definition) is 3. The standard InChI is InChI=1S/C22H18N2O3S/c1-15-11-13-17(14-12-15)28(26,27)24-22(25)20-18-9-5-6-10-19(18)23-21(20)16-7-3-2-4-8-16/h2-14,23H,1H3,(H,24,25). The highest BCUT2D eigenvalue weighted by atomic mass is 32.2. The minimum absolute atomic E-state index is 0.0487. The van der Waals surface area contributed by atoms with Crippen molar-refractivity contribution in [1.82, 2.24) is 9.71 Å². The van der Waals surface area contributed by atoms with E-state index >= 15 is 0 Å². The highest BCUT2D eigenvalue weighted by molar-refractivity contribution is 7.90. The van der Waals surface area contributed by atoms with Gasteiger partial charge in [-0.3, -0.25) is 4.79 Å². The summed E-state index contributed by atoms with van der Waals surface area (Å²) < 4.78 is 27.6. The van der Waals surface area contributed by atoms with E-state index in [-0.39, 0.29) is 4.90 Å². The summed E-state index contributed by atoms with van der Waals surface area (Å²) in [4.78, 5) is 16.3. The van der Waals surface area contributed by atoms with Crippen LogP contribution in [0, 0.1) is 6.92 Å². The molecule has 4 aromatic rings. The number of nitrogens with one attached hydrogen (secondary N) is 2. The zero-order valence-corrected chi connectivity index (χ0v) is 16.0. The van der Waals surface area contributed by atoms with Gasteiger partial charge in [-0.25, -0.2) is 13.1 Å². The van der Waals surface area contributed by atoms with E-state index in [9.17, 15) is 13.2 Å². The number of aromatic amines is 1. The molecule has 0 bridgehead atoms. The summed E-state index contributed by atoms with van der Waals surface area (Å²) in [5.41, 5.74) is 3.39. The molecule has 1 aromatic heterocycles. The van der Waals surface area contributed by atoms with E-state index in [4.69, 9.17) is 0 Å². The number of aryl methyl sites for hydroxylation is 1. The third-order valence-electron chi connectivity index (χ3n) is 4.55. The quantitative estimate of drug-likeness (QED) is 0.546. The molecule has 1 heterocycles. The molecule has 0 aliphatic carbocycles. The lowest BCUT2D eigenvalue weighted by atomic mass is 10.1. The van der Waals surface area contributed by atoms with E-state index in [1.165, 1.54) is 12.1 Å². The number of aromatic nitrogens is 1. The molecule has 0 spiro atoms. The van der Waals surface area contributed by atoms with Crippen molar-refractivity contribution in [3.63, 3.8) is 0 Å². The molecule has 0 radical (unpaired) electrons. The van der Waals surface area contributed by atoms with Crippen LogP contribution in [0.1, 0.15) is 15.9 Å². The molecule has 0 unspecified atom stereocenters. The molecule has 0 fully saturated rings. The number of carbonyl (C=O) groups excluding carboxylic acids is 1. The van der Waals surface area contributed by atoms with Crippen LogP contribution < -0.4 is 4.72 Å². The van der Waals surface area contributed by atoms with Crippen LogP contribution in [0.25, 0.3) is 22.2 Å². The average Bonchev–Trinajstić information content (AvgIpc) is 3.08. The zero-order valence-electron chi connectivity index (χ0n) is 15.1. The summed E-state index contributed by atoms with van der Waals surface area (Å²) >= 11 is 0. The van der Waals surface area contributed by atoms with Gasteiger partial charge in [-0.15, -0.1) is 0 Å². The summed E-state index contributed by atoms with van der Waals surface area (Å²) in [6.45, 7) is 1.87. The van der Waals surface area contributed by atoms with Crippen LogP contribution in [0.3, 0.4) is 0 Å². The molecule has 3 aromatic carbocycles. The normalized spacial score (nSPS) is 11.5. The molecule has 2 N–H and O–H groups in total. The number of hydrogen-bond donors (Lipinski definition) is 2. The molecule has 5 nitrogen and oxygen atoms in total. The lowest BCUT2D eigenvalue weighted by molar-refractivity contribution is 0.0983. The first-order chi connectivity index (χ1) is 13.5. The predicted octanol–water partition coefficient (Wildman–Crippen LogP) is 4.26. The molecule has 140 valence electrons. The van der Waals surface area contributed by atoms with Crippen molar-refractivity contribution >= 4 is 26.8 Å². The fourth-order valence-electron chi connectivity index (χ4n) is 3.15. The van der Waals surface area contributed by atoms with E-state index in [1.807, 2.05) is 55.5 Å². The smallest absolute Gasteiger partial charge is 0.267 e. The Labute approximate surface area is 163 Å². The number of benzene rings is 3. The first-order valence-corrected chi connectivity index (χ1v) is 10.2. The van der Waals surface area contributed by atoms with Crippen molar-refractivity contribution in [3.05, 3.63) is 90.0 Å². The molecular weight excluding hydrogens is 372 g/mol. The first-order valence-electron chi connectivity index (χ1n) is 8.76. The third-order valence-corrected chi connectivity index (χ3v) is 5.90. The lowest BCUT2D eigenvalue weighted by Crippen LogP contribution is -2.30. The molecule has 1 amide bonds. The SMILES string of the molecule is Cc1ccc(S(=O)(=O)NC(=O)c2c(-c3ccccc3)[nH]c3ccccc23)cc1. The van der Waals surface area contributed by atoms with E-state index in [1.54, 1.807) is 18.2 Å². The molecule has 0 aliphatic rings. The predicted molar refractivity (Wildman–Crippen MR) is 110 cm³/mol. The van der Waals surface area contributed by atoms with Gasteiger partial charge >= 0.3 is 0 Å². The Morgan fingerprint density at radius 1 is 0.857 bits per heavy atom. The first kappa shape index (κ1) is 18.0. The molecule has 0 aliphatic heterocycles. The van der Waals surface area contributed by atoms with Crippen molar-refractivity contribution in [2.75, 3.05) is 0 Å². The van der Waals surface area contributed by atoms with Crippen LogP contribution in [0.15, 0.2) is 83.8 Å². The highest BCUT2D eigenvalue weighted by Crippen LogP contribution is 2.30. The van der Waals surface area contributed by atoms with Gasteiger partial charge in [0, 0.05) is 10.9 Å². The molecule has 0 atom stereocenters. The van der Waals surface area contributed by atoms with E-state index in [2.05, 4.69) is 9.71 Å². The maximum absolute atomic E-state index is 13.1. The van der Waals surface area contributed by atoms with Gasteiger partial charge in [0.15, 0.2) is 0 Å². The largest absolute Gasteiger partial charge is 0.354 e. The van der Waals surface area contributed by atoms with Crippen molar-refractivity contribution < 1.29 is 13.2 Å². The second-order valence-electron chi connectivity index (χ2n) is 6.53. The van der Waals surface area contributed by atoms with Crippen molar-refractivity contribution in [1.29, 1.82) is 0 Å². The summed E-state index contributed by atoms with van der Waals surface area (Å²) in [6, 6.07) is 23.0. The topological polar surface area (TPSA) is 79.0 Å². The van der Waals surface area contributed by atoms with Crippen LogP contribution >= 0.6 is 0 Å². The molecule has 0 saturated heterocycles. The Hall–Kier alpha value is -3.38. The van der Waals surface area contributed by atoms with Gasteiger partial charge in [0.1, 0.15) is 0 Å². The number of amides is 1. The Morgan fingerprint density at radius 3 is 2.21 bits per heavy atom. The van der Waals surface area contributed by atoms with E-state index < -0.39 is 15.9 Å². The van der Waals surface area contributed by atoms with Gasteiger partial charge in [0.25, 0.3) is 15.9 Å². The Morgan fingerprint density at radius 2 is 1.50 bits per heavy atom. The summed E-state index contributed by atoms with van der Waals surface area (Å²) in [5.74, 6) is -0.670. The molecule has 6 heteroatoms. The van der Waals surface area contributed by atoms with Gasteiger partial charge in [-0.05, 0) is 30.7 Å². The number of fused-ring (bicyclic) bond motifs is 1. The Kier molecular flexibility index (Phi) is 4.49. The number of para-hydroxylation sites is 1. The van der Waals surface area contributed by atoms with Crippen molar-refractivity contribution in [2.24, 2.45) is 0 Å². The van der Waals surface area contributed by atoms with Crippen LogP contribution in [-0.2, 0) is 10.0 Å². The monoisotopic (exact) mass is 390 g/mol.